The monoisotopic (exact) mass is 310 g/mol. The summed E-state index contributed by atoms with van der Waals surface area (Å²) in [6.45, 7) is 4.37. The highest BCUT2D eigenvalue weighted by Crippen LogP contribution is 2.34. The van der Waals surface area contributed by atoms with Crippen LogP contribution < -0.4 is 5.32 Å². The molecule has 1 aliphatic rings. The van der Waals surface area contributed by atoms with Crippen LogP contribution in [-0.4, -0.2) is 34.1 Å². The van der Waals surface area contributed by atoms with E-state index in [4.69, 9.17) is 0 Å². The first-order valence-electron chi connectivity index (χ1n) is 7.35. The summed E-state index contributed by atoms with van der Waals surface area (Å²) in [5, 5.41) is 16.5. The highest BCUT2D eigenvalue weighted by Gasteiger charge is 2.49. The molecule has 1 saturated heterocycles. The molecular weight excluding hydrogens is 288 g/mol. The Hall–Kier alpha value is -1.56. The zero-order chi connectivity index (χ0) is 15.5. The fraction of sp³-hybridized carbons (Fsp3) is 0.600. The lowest BCUT2D eigenvalue weighted by Crippen LogP contribution is -2.56. The lowest BCUT2D eigenvalue weighted by atomic mass is 9.91. The number of carboxylic acids is 1. The Morgan fingerprint density at radius 3 is 2.90 bits per heavy atom. The van der Waals surface area contributed by atoms with Crippen molar-refractivity contribution in [3.63, 3.8) is 0 Å². The molecule has 0 aliphatic carbocycles. The van der Waals surface area contributed by atoms with E-state index in [2.05, 4.69) is 5.32 Å². The first kappa shape index (κ1) is 15.8. The van der Waals surface area contributed by atoms with Gasteiger partial charge in [-0.05, 0) is 48.6 Å². The van der Waals surface area contributed by atoms with Gasteiger partial charge < -0.3 is 15.3 Å². The summed E-state index contributed by atoms with van der Waals surface area (Å²) in [5.41, 5.74) is 0.0108. The number of likely N-dealkylation sites (tertiary alicyclic amines) is 1. The number of amides is 2. The van der Waals surface area contributed by atoms with Crippen LogP contribution in [0.15, 0.2) is 16.8 Å². The number of carboxylic acid groups (broad SMARTS) is 1. The number of aliphatic carboxylic acids is 1. The Bertz CT molecular complexity index is 503. The summed E-state index contributed by atoms with van der Waals surface area (Å²) in [6.07, 6.45) is 2.53. The zero-order valence-corrected chi connectivity index (χ0v) is 13.3. The van der Waals surface area contributed by atoms with E-state index >= 15 is 0 Å². The van der Waals surface area contributed by atoms with Crippen LogP contribution in [-0.2, 0) is 4.79 Å². The Balaban J connectivity index is 2.11. The van der Waals surface area contributed by atoms with Gasteiger partial charge in [-0.15, -0.1) is 0 Å². The zero-order valence-electron chi connectivity index (χ0n) is 12.5. The maximum Gasteiger partial charge on any atom is 0.329 e. The number of carbonyl (C=O) groups excluding carboxylic acids is 1. The van der Waals surface area contributed by atoms with Crippen molar-refractivity contribution in [1.82, 2.24) is 10.2 Å². The van der Waals surface area contributed by atoms with E-state index in [1.54, 1.807) is 11.3 Å². The molecule has 21 heavy (non-hydrogen) atoms. The molecule has 0 spiro atoms. The fourth-order valence-corrected chi connectivity index (χ4v) is 3.80. The molecule has 2 N–H and O–H groups in total. The van der Waals surface area contributed by atoms with Crippen molar-refractivity contribution in [1.29, 1.82) is 0 Å². The normalized spacial score (nSPS) is 23.0. The predicted molar refractivity (Wildman–Crippen MR) is 82.5 cm³/mol. The summed E-state index contributed by atoms with van der Waals surface area (Å²) < 4.78 is 0. The molecule has 2 amide bonds. The van der Waals surface area contributed by atoms with Crippen LogP contribution in [0.4, 0.5) is 4.79 Å². The average Bonchev–Trinajstić information content (AvgIpc) is 3.08. The standard InChI is InChI=1S/C15H22N2O3S/c1-3-6-15(13(18)19)7-4-8-17(15)14(20)16-11(2)12-5-9-21-10-12/h5,9-11H,3-4,6-8H2,1-2H3,(H,16,20)(H,18,19). The summed E-state index contributed by atoms with van der Waals surface area (Å²) in [5.74, 6) is -0.889. The molecule has 2 unspecified atom stereocenters. The van der Waals surface area contributed by atoms with Crippen molar-refractivity contribution in [2.45, 2.75) is 51.1 Å². The number of urea groups is 1. The molecular formula is C15H22N2O3S. The van der Waals surface area contributed by atoms with E-state index < -0.39 is 11.5 Å². The Kier molecular flexibility index (Phi) is 4.88. The van der Waals surface area contributed by atoms with E-state index in [1.165, 1.54) is 4.90 Å². The summed E-state index contributed by atoms with van der Waals surface area (Å²) in [4.78, 5) is 25.7. The topological polar surface area (TPSA) is 69.6 Å². The van der Waals surface area contributed by atoms with Gasteiger partial charge in [-0.2, -0.15) is 11.3 Å². The minimum absolute atomic E-state index is 0.113. The molecule has 0 bridgehead atoms. The van der Waals surface area contributed by atoms with E-state index in [-0.39, 0.29) is 12.1 Å². The van der Waals surface area contributed by atoms with Gasteiger partial charge in [0.25, 0.3) is 0 Å². The van der Waals surface area contributed by atoms with Crippen molar-refractivity contribution in [2.75, 3.05) is 6.54 Å². The number of rotatable bonds is 5. The van der Waals surface area contributed by atoms with Crippen LogP contribution in [0.2, 0.25) is 0 Å². The molecule has 2 atom stereocenters. The molecule has 1 aromatic heterocycles. The Morgan fingerprint density at radius 1 is 1.57 bits per heavy atom. The second-order valence-electron chi connectivity index (χ2n) is 5.57. The van der Waals surface area contributed by atoms with Crippen LogP contribution in [0.1, 0.15) is 51.1 Å². The van der Waals surface area contributed by atoms with Gasteiger partial charge in [0.2, 0.25) is 0 Å². The van der Waals surface area contributed by atoms with Crippen LogP contribution in [0.25, 0.3) is 0 Å². The van der Waals surface area contributed by atoms with Gasteiger partial charge in [0.15, 0.2) is 0 Å². The van der Waals surface area contributed by atoms with Gasteiger partial charge >= 0.3 is 12.0 Å². The van der Waals surface area contributed by atoms with Crippen LogP contribution in [0.5, 0.6) is 0 Å². The fourth-order valence-electron chi connectivity index (χ4n) is 3.05. The molecule has 116 valence electrons. The number of thiophene rings is 1. The Labute approximate surface area is 129 Å². The molecule has 1 aliphatic heterocycles. The van der Waals surface area contributed by atoms with Crippen LogP contribution >= 0.6 is 11.3 Å². The number of hydrogen-bond donors (Lipinski definition) is 2. The van der Waals surface area contributed by atoms with E-state index in [9.17, 15) is 14.7 Å². The van der Waals surface area contributed by atoms with Crippen LogP contribution in [0.3, 0.4) is 0 Å². The molecule has 0 radical (unpaired) electrons. The smallest absolute Gasteiger partial charge is 0.329 e. The lowest BCUT2D eigenvalue weighted by Gasteiger charge is -2.35. The number of hydrogen-bond acceptors (Lipinski definition) is 3. The van der Waals surface area contributed by atoms with Gasteiger partial charge in [0, 0.05) is 6.54 Å². The first-order chi connectivity index (χ1) is 10.0. The van der Waals surface area contributed by atoms with Gasteiger partial charge in [0.1, 0.15) is 5.54 Å². The highest BCUT2D eigenvalue weighted by molar-refractivity contribution is 7.07. The largest absolute Gasteiger partial charge is 0.479 e. The third-order valence-corrected chi connectivity index (χ3v) is 4.88. The molecule has 2 heterocycles. The Morgan fingerprint density at radius 2 is 2.33 bits per heavy atom. The third kappa shape index (κ3) is 3.05. The van der Waals surface area contributed by atoms with E-state index in [1.807, 2.05) is 30.7 Å². The second kappa shape index (κ2) is 6.47. The van der Waals surface area contributed by atoms with E-state index in [0.29, 0.717) is 19.4 Å². The van der Waals surface area contributed by atoms with Crippen molar-refractivity contribution in [2.24, 2.45) is 0 Å². The molecule has 5 nitrogen and oxygen atoms in total. The molecule has 0 aromatic carbocycles. The first-order valence-corrected chi connectivity index (χ1v) is 8.29. The van der Waals surface area contributed by atoms with E-state index in [0.717, 1.165) is 18.4 Å². The summed E-state index contributed by atoms with van der Waals surface area (Å²) in [6, 6.07) is 1.58. The molecule has 6 heteroatoms. The summed E-state index contributed by atoms with van der Waals surface area (Å²) >= 11 is 1.58. The quantitative estimate of drug-likeness (QED) is 0.877. The predicted octanol–water partition coefficient (Wildman–Crippen LogP) is 3.24. The van der Waals surface area contributed by atoms with Crippen LogP contribution in [0, 0.1) is 0 Å². The molecule has 1 fully saturated rings. The molecule has 1 aromatic rings. The maximum atomic E-state index is 12.5. The van der Waals surface area contributed by atoms with Crippen molar-refractivity contribution in [3.8, 4) is 0 Å². The minimum atomic E-state index is -1.03. The van der Waals surface area contributed by atoms with Crippen molar-refractivity contribution >= 4 is 23.3 Å². The highest BCUT2D eigenvalue weighted by atomic mass is 32.1. The van der Waals surface area contributed by atoms with Gasteiger partial charge in [-0.3, -0.25) is 0 Å². The molecule has 0 saturated carbocycles. The number of nitrogens with zero attached hydrogens (tertiary/aromatic N) is 1. The molecule has 2 rings (SSSR count). The average molecular weight is 310 g/mol. The van der Waals surface area contributed by atoms with Crippen molar-refractivity contribution < 1.29 is 14.7 Å². The maximum absolute atomic E-state index is 12.5. The minimum Gasteiger partial charge on any atom is -0.479 e. The third-order valence-electron chi connectivity index (χ3n) is 4.18. The van der Waals surface area contributed by atoms with Crippen molar-refractivity contribution in [3.05, 3.63) is 22.4 Å². The number of carbonyl (C=O) groups is 2. The van der Waals surface area contributed by atoms with Gasteiger partial charge in [0.05, 0.1) is 6.04 Å². The summed E-state index contributed by atoms with van der Waals surface area (Å²) in [7, 11) is 0. The van der Waals surface area contributed by atoms with Gasteiger partial charge in [-0.1, -0.05) is 13.3 Å². The SMILES string of the molecule is CCCC1(C(=O)O)CCCN1C(=O)NC(C)c1ccsc1. The number of nitrogens with one attached hydrogen (secondary N) is 1. The van der Waals surface area contributed by atoms with Gasteiger partial charge in [-0.25, -0.2) is 9.59 Å². The second-order valence-corrected chi connectivity index (χ2v) is 6.35. The lowest BCUT2D eigenvalue weighted by molar-refractivity contribution is -0.148.